The Morgan fingerprint density at radius 3 is 2.61 bits per heavy atom. The molecule has 2 atom stereocenters. The fraction of sp³-hybridized carbons (Fsp3) is 0.542. The van der Waals surface area contributed by atoms with Crippen LogP contribution < -0.4 is 0 Å². The first kappa shape index (κ1) is 20.5. The number of pyridine rings is 1. The summed E-state index contributed by atoms with van der Waals surface area (Å²) in [6, 6.07) is 5.72. The number of hydrogen-bond acceptors (Lipinski definition) is 4. The van der Waals surface area contributed by atoms with E-state index in [1.54, 1.807) is 6.92 Å². The minimum Gasteiger partial charge on any atom is -0.465 e. The Labute approximate surface area is 168 Å². The predicted molar refractivity (Wildman–Crippen MR) is 110 cm³/mol. The van der Waals surface area contributed by atoms with Crippen LogP contribution in [0.25, 0.3) is 0 Å². The predicted octanol–water partition coefficient (Wildman–Crippen LogP) is 4.62. The zero-order valence-electron chi connectivity index (χ0n) is 17.0. The van der Waals surface area contributed by atoms with Gasteiger partial charge in [-0.15, -0.1) is 0 Å². The highest BCUT2D eigenvalue weighted by Gasteiger charge is 2.37. The number of hydrogen-bond donors (Lipinski definition) is 0. The van der Waals surface area contributed by atoms with Gasteiger partial charge in [-0.3, -0.25) is 14.6 Å². The Bertz CT molecular complexity index is 744. The Balaban J connectivity index is 1.64. The number of rotatable bonds is 7. The van der Waals surface area contributed by atoms with Crippen molar-refractivity contribution in [3.05, 3.63) is 53.9 Å². The minimum atomic E-state index is -0.742. The van der Waals surface area contributed by atoms with Crippen molar-refractivity contribution in [3.63, 3.8) is 0 Å². The van der Waals surface area contributed by atoms with Gasteiger partial charge in [0.2, 0.25) is 0 Å². The molecule has 28 heavy (non-hydrogen) atoms. The van der Waals surface area contributed by atoms with Crippen molar-refractivity contribution in [1.29, 1.82) is 0 Å². The van der Waals surface area contributed by atoms with E-state index in [2.05, 4.69) is 29.3 Å². The molecule has 1 saturated carbocycles. The molecule has 1 aromatic heterocycles. The van der Waals surface area contributed by atoms with Crippen LogP contribution in [-0.4, -0.2) is 23.3 Å². The summed E-state index contributed by atoms with van der Waals surface area (Å²) in [5.74, 6) is 0.0904. The first-order valence-corrected chi connectivity index (χ1v) is 10.5. The molecular weight excluding hydrogens is 350 g/mol. The summed E-state index contributed by atoms with van der Waals surface area (Å²) in [4.78, 5) is 30.3. The van der Waals surface area contributed by atoms with Crippen molar-refractivity contribution < 1.29 is 14.3 Å². The summed E-state index contributed by atoms with van der Waals surface area (Å²) < 4.78 is 5.23. The molecule has 0 amide bonds. The molecule has 1 aromatic rings. The third kappa shape index (κ3) is 5.18. The maximum atomic E-state index is 13.2. The third-order valence-electron chi connectivity index (χ3n) is 6.07. The second-order valence-electron chi connectivity index (χ2n) is 8.01. The second kappa shape index (κ2) is 9.81. The monoisotopic (exact) mass is 381 g/mol. The van der Waals surface area contributed by atoms with E-state index >= 15 is 0 Å². The van der Waals surface area contributed by atoms with Crippen molar-refractivity contribution in [2.45, 2.75) is 52.4 Å². The Kier molecular flexibility index (Phi) is 7.18. The van der Waals surface area contributed by atoms with Gasteiger partial charge >= 0.3 is 5.97 Å². The molecule has 0 aliphatic heterocycles. The molecule has 2 unspecified atom stereocenters. The van der Waals surface area contributed by atoms with E-state index < -0.39 is 11.9 Å². The van der Waals surface area contributed by atoms with Crippen molar-refractivity contribution in [3.8, 4) is 0 Å². The summed E-state index contributed by atoms with van der Waals surface area (Å²) in [6.07, 6.45) is 14.1. The standard InChI is InChI=1S/C24H31NO3/c1-3-28-24(27)22(16-21-11-7-8-17(2)25-21)23(26)20-14-12-19(13-15-20)18-9-5-4-6-10-18/h4-9,11,18-20,22H,3,10,12-16H2,1-2H3/t18?,19-,20-,22?. The lowest BCUT2D eigenvalue weighted by Gasteiger charge is -2.33. The van der Waals surface area contributed by atoms with Crippen molar-refractivity contribution in [2.24, 2.45) is 23.7 Å². The SMILES string of the molecule is CCOC(=O)C(Cc1cccc(C)n1)C(=O)[C@H]1CC[C@H](C2C=CC=CC2)CC1. The maximum Gasteiger partial charge on any atom is 0.316 e. The molecule has 0 aromatic carbocycles. The molecular formula is C24H31NO3. The van der Waals surface area contributed by atoms with Crippen LogP contribution in [0, 0.1) is 30.6 Å². The Morgan fingerprint density at radius 1 is 1.18 bits per heavy atom. The van der Waals surface area contributed by atoms with Gasteiger partial charge in [0.1, 0.15) is 5.92 Å². The van der Waals surface area contributed by atoms with Gasteiger partial charge in [0, 0.05) is 23.7 Å². The van der Waals surface area contributed by atoms with Crippen molar-refractivity contribution >= 4 is 11.8 Å². The fourth-order valence-corrected chi connectivity index (χ4v) is 4.53. The van der Waals surface area contributed by atoms with E-state index in [9.17, 15) is 9.59 Å². The van der Waals surface area contributed by atoms with Crippen LogP contribution in [0.1, 0.15) is 50.4 Å². The van der Waals surface area contributed by atoms with Gasteiger partial charge in [-0.25, -0.2) is 0 Å². The summed E-state index contributed by atoms with van der Waals surface area (Å²) in [6.45, 7) is 3.99. The van der Waals surface area contributed by atoms with Crippen LogP contribution in [0.5, 0.6) is 0 Å². The van der Waals surface area contributed by atoms with Crippen LogP contribution in [0.15, 0.2) is 42.5 Å². The van der Waals surface area contributed by atoms with Gasteiger partial charge in [0.15, 0.2) is 5.78 Å². The molecule has 0 radical (unpaired) electrons. The fourth-order valence-electron chi connectivity index (χ4n) is 4.53. The zero-order chi connectivity index (χ0) is 19.9. The molecule has 0 spiro atoms. The quantitative estimate of drug-likeness (QED) is 0.511. The lowest BCUT2D eigenvalue weighted by molar-refractivity contribution is -0.153. The highest BCUT2D eigenvalue weighted by Crippen LogP contribution is 2.38. The molecule has 4 nitrogen and oxygen atoms in total. The average molecular weight is 382 g/mol. The lowest BCUT2D eigenvalue weighted by Crippen LogP contribution is -2.35. The molecule has 1 heterocycles. The summed E-state index contributed by atoms with van der Waals surface area (Å²) in [7, 11) is 0. The van der Waals surface area contributed by atoms with E-state index in [1.807, 2.05) is 25.1 Å². The molecule has 4 heteroatoms. The number of aromatic nitrogens is 1. The number of esters is 1. The number of allylic oxidation sites excluding steroid dienone is 4. The lowest BCUT2D eigenvalue weighted by atomic mass is 9.71. The normalized spacial score (nSPS) is 25.3. The van der Waals surface area contributed by atoms with Crippen LogP contribution in [0.2, 0.25) is 0 Å². The van der Waals surface area contributed by atoms with E-state index in [0.29, 0.717) is 18.3 Å². The molecule has 150 valence electrons. The summed E-state index contributed by atoms with van der Waals surface area (Å²) >= 11 is 0. The van der Waals surface area contributed by atoms with Crippen LogP contribution in [0.4, 0.5) is 0 Å². The highest BCUT2D eigenvalue weighted by molar-refractivity contribution is 6.00. The van der Waals surface area contributed by atoms with Gasteiger partial charge in [-0.05, 0) is 69.9 Å². The van der Waals surface area contributed by atoms with Gasteiger partial charge in [-0.1, -0.05) is 30.4 Å². The maximum absolute atomic E-state index is 13.2. The summed E-state index contributed by atoms with van der Waals surface area (Å²) in [5.41, 5.74) is 1.67. The number of aryl methyl sites for hydroxylation is 1. The van der Waals surface area contributed by atoms with Crippen LogP contribution >= 0.6 is 0 Å². The molecule has 3 rings (SSSR count). The van der Waals surface area contributed by atoms with Gasteiger partial charge in [-0.2, -0.15) is 0 Å². The number of ether oxygens (including phenoxy) is 1. The smallest absolute Gasteiger partial charge is 0.316 e. The first-order chi connectivity index (χ1) is 13.6. The van der Waals surface area contributed by atoms with E-state index in [0.717, 1.165) is 43.5 Å². The Morgan fingerprint density at radius 2 is 1.96 bits per heavy atom. The topological polar surface area (TPSA) is 56.3 Å². The second-order valence-corrected chi connectivity index (χ2v) is 8.01. The summed E-state index contributed by atoms with van der Waals surface area (Å²) in [5, 5.41) is 0. The highest BCUT2D eigenvalue weighted by atomic mass is 16.5. The number of Topliss-reactive ketones (excluding diaryl/α,β-unsaturated/α-hetero) is 1. The molecule has 0 N–H and O–H groups in total. The Hall–Kier alpha value is -2.23. The number of carbonyl (C=O) groups excluding carboxylic acids is 2. The molecule has 0 bridgehead atoms. The van der Waals surface area contributed by atoms with Crippen molar-refractivity contribution in [1.82, 2.24) is 4.98 Å². The van der Waals surface area contributed by atoms with E-state index in [4.69, 9.17) is 4.74 Å². The number of nitrogens with zero attached hydrogens (tertiary/aromatic N) is 1. The largest absolute Gasteiger partial charge is 0.465 e. The molecule has 1 fully saturated rings. The third-order valence-corrected chi connectivity index (χ3v) is 6.07. The number of ketones is 1. The van der Waals surface area contributed by atoms with Gasteiger partial charge in [0.25, 0.3) is 0 Å². The molecule has 2 aliphatic carbocycles. The average Bonchev–Trinajstić information content (AvgIpc) is 2.72. The van der Waals surface area contributed by atoms with Gasteiger partial charge in [0.05, 0.1) is 6.61 Å². The van der Waals surface area contributed by atoms with Crippen molar-refractivity contribution in [2.75, 3.05) is 6.61 Å². The first-order valence-electron chi connectivity index (χ1n) is 10.5. The van der Waals surface area contributed by atoms with Crippen LogP contribution in [-0.2, 0) is 20.7 Å². The zero-order valence-corrected chi connectivity index (χ0v) is 17.0. The van der Waals surface area contributed by atoms with Crippen LogP contribution in [0.3, 0.4) is 0 Å². The van der Waals surface area contributed by atoms with E-state index in [-0.39, 0.29) is 18.3 Å². The number of carbonyl (C=O) groups is 2. The van der Waals surface area contributed by atoms with Gasteiger partial charge < -0.3 is 4.74 Å². The minimum absolute atomic E-state index is 0.0410. The molecule has 2 aliphatic rings. The van der Waals surface area contributed by atoms with E-state index in [1.165, 1.54) is 0 Å². The molecule has 0 saturated heterocycles.